The molecule has 2 aromatic heterocycles. The van der Waals surface area contributed by atoms with Crippen LogP contribution >= 0.6 is 31.9 Å². The van der Waals surface area contributed by atoms with Gasteiger partial charge in [0.15, 0.2) is 0 Å². The number of rotatable bonds is 3. The van der Waals surface area contributed by atoms with Crippen LogP contribution in [0.3, 0.4) is 0 Å². The summed E-state index contributed by atoms with van der Waals surface area (Å²) in [6, 6.07) is 3.63. The monoisotopic (exact) mass is 359 g/mol. The molecule has 0 aliphatic carbocycles. The minimum atomic E-state index is -0.204. The van der Waals surface area contributed by atoms with E-state index in [0.29, 0.717) is 0 Å². The second-order valence-electron chi connectivity index (χ2n) is 3.50. The Balaban J connectivity index is 2.46. The Hall–Kier alpha value is -0.760. The molecule has 7 heteroatoms. The van der Waals surface area contributed by atoms with Crippen LogP contribution in [-0.4, -0.2) is 14.8 Å². The molecule has 1 atom stereocenters. The first-order valence-corrected chi connectivity index (χ1v) is 6.47. The van der Waals surface area contributed by atoms with Gasteiger partial charge in [0.2, 0.25) is 0 Å². The third-order valence-electron chi connectivity index (χ3n) is 2.43. The second-order valence-corrected chi connectivity index (χ2v) is 5.27. The first-order valence-electron chi connectivity index (χ1n) is 4.88. The molecule has 0 bridgehead atoms. The summed E-state index contributed by atoms with van der Waals surface area (Å²) in [6.07, 6.45) is 3.47. The van der Waals surface area contributed by atoms with E-state index in [1.54, 1.807) is 17.1 Å². The highest BCUT2D eigenvalue weighted by molar-refractivity contribution is 9.11. The van der Waals surface area contributed by atoms with Crippen LogP contribution in [0.4, 0.5) is 0 Å². The molecule has 2 aromatic rings. The molecule has 0 aromatic carbocycles. The molecule has 0 aliphatic heterocycles. The van der Waals surface area contributed by atoms with Crippen LogP contribution < -0.4 is 11.3 Å². The number of nitrogens with two attached hydrogens (primary N) is 1. The molecule has 0 saturated carbocycles. The van der Waals surface area contributed by atoms with Gasteiger partial charge >= 0.3 is 0 Å². The third kappa shape index (κ3) is 2.57. The van der Waals surface area contributed by atoms with E-state index in [2.05, 4.69) is 47.4 Å². The van der Waals surface area contributed by atoms with E-state index >= 15 is 0 Å². The van der Waals surface area contributed by atoms with Crippen LogP contribution in [0.2, 0.25) is 0 Å². The van der Waals surface area contributed by atoms with Crippen molar-refractivity contribution in [2.24, 2.45) is 12.9 Å². The first-order chi connectivity index (χ1) is 8.13. The third-order valence-corrected chi connectivity index (χ3v) is 3.50. The van der Waals surface area contributed by atoms with Crippen LogP contribution in [0.25, 0.3) is 0 Å². The van der Waals surface area contributed by atoms with Crippen LogP contribution in [0.1, 0.15) is 17.4 Å². The van der Waals surface area contributed by atoms with E-state index in [0.717, 1.165) is 20.3 Å². The molecule has 3 N–H and O–H groups in total. The number of nitrogens with one attached hydrogen (secondary N) is 1. The van der Waals surface area contributed by atoms with Crippen molar-refractivity contribution in [3.05, 3.63) is 44.9 Å². The predicted octanol–water partition coefficient (Wildman–Crippen LogP) is 1.89. The Morgan fingerprint density at radius 3 is 2.76 bits per heavy atom. The Morgan fingerprint density at radius 2 is 2.24 bits per heavy atom. The number of aryl methyl sites for hydroxylation is 1. The first kappa shape index (κ1) is 12.7. The molecule has 0 aliphatic rings. The summed E-state index contributed by atoms with van der Waals surface area (Å²) >= 11 is 6.85. The smallest absolute Gasteiger partial charge is 0.106 e. The van der Waals surface area contributed by atoms with E-state index in [9.17, 15) is 0 Å². The van der Waals surface area contributed by atoms with Crippen molar-refractivity contribution in [1.29, 1.82) is 0 Å². The lowest BCUT2D eigenvalue weighted by molar-refractivity contribution is 0.562. The lowest BCUT2D eigenvalue weighted by atomic mass is 10.1. The highest BCUT2D eigenvalue weighted by atomic mass is 79.9. The molecular formula is C10H11Br2N5. The van der Waals surface area contributed by atoms with E-state index in [1.165, 1.54) is 0 Å². The number of hydrazine groups is 1. The number of hydrogen-bond acceptors (Lipinski definition) is 4. The van der Waals surface area contributed by atoms with Gasteiger partial charge in [0.25, 0.3) is 0 Å². The van der Waals surface area contributed by atoms with Crippen LogP contribution in [0, 0.1) is 0 Å². The fourth-order valence-corrected chi connectivity index (χ4v) is 2.83. The van der Waals surface area contributed by atoms with Crippen molar-refractivity contribution in [2.75, 3.05) is 0 Å². The zero-order chi connectivity index (χ0) is 12.4. The van der Waals surface area contributed by atoms with Gasteiger partial charge < -0.3 is 0 Å². The van der Waals surface area contributed by atoms with E-state index in [1.807, 2.05) is 19.2 Å². The highest BCUT2D eigenvalue weighted by Crippen LogP contribution is 2.27. The summed E-state index contributed by atoms with van der Waals surface area (Å²) in [6.45, 7) is 0. The van der Waals surface area contributed by atoms with Gasteiger partial charge in [-0.25, -0.2) is 5.43 Å². The Labute approximate surface area is 116 Å². The number of halogens is 2. The molecule has 2 heterocycles. The summed E-state index contributed by atoms with van der Waals surface area (Å²) in [5.41, 5.74) is 4.52. The van der Waals surface area contributed by atoms with Gasteiger partial charge in [-0.3, -0.25) is 15.5 Å². The van der Waals surface area contributed by atoms with Gasteiger partial charge in [0.05, 0.1) is 11.4 Å². The van der Waals surface area contributed by atoms with Gasteiger partial charge in [-0.2, -0.15) is 5.10 Å². The largest absolute Gasteiger partial charge is 0.271 e. The zero-order valence-corrected chi connectivity index (χ0v) is 12.2. The Kier molecular flexibility index (Phi) is 3.93. The maximum absolute atomic E-state index is 5.61. The summed E-state index contributed by atoms with van der Waals surface area (Å²) < 4.78 is 3.56. The summed E-state index contributed by atoms with van der Waals surface area (Å²) in [4.78, 5) is 4.37. The molecule has 1 unspecified atom stereocenters. The standard InChI is InChI=1S/C10H11Br2N5/c1-17-8(2-3-15-17)10(16-13)9-7(12)4-6(11)5-14-9/h2-5,10,16H,13H2,1H3. The molecule has 0 fully saturated rings. The van der Waals surface area contributed by atoms with Gasteiger partial charge in [-0.15, -0.1) is 0 Å². The summed E-state index contributed by atoms with van der Waals surface area (Å²) in [7, 11) is 1.87. The lowest BCUT2D eigenvalue weighted by Gasteiger charge is -2.17. The predicted molar refractivity (Wildman–Crippen MR) is 72.0 cm³/mol. The minimum absolute atomic E-state index is 0.204. The Morgan fingerprint density at radius 1 is 1.47 bits per heavy atom. The number of pyridine rings is 1. The highest BCUT2D eigenvalue weighted by Gasteiger charge is 2.19. The topological polar surface area (TPSA) is 68.8 Å². The molecule has 0 spiro atoms. The second kappa shape index (κ2) is 5.26. The van der Waals surface area contributed by atoms with Crippen molar-refractivity contribution >= 4 is 31.9 Å². The average Bonchev–Trinajstić information content (AvgIpc) is 2.69. The van der Waals surface area contributed by atoms with Crippen molar-refractivity contribution in [1.82, 2.24) is 20.2 Å². The molecule has 5 nitrogen and oxygen atoms in total. The van der Waals surface area contributed by atoms with Crippen LogP contribution in [0.15, 0.2) is 33.5 Å². The number of aromatic nitrogens is 3. The van der Waals surface area contributed by atoms with E-state index in [-0.39, 0.29) is 6.04 Å². The Bertz CT molecular complexity index is 525. The van der Waals surface area contributed by atoms with Crippen molar-refractivity contribution in [2.45, 2.75) is 6.04 Å². The van der Waals surface area contributed by atoms with Crippen molar-refractivity contribution in [3.8, 4) is 0 Å². The SMILES string of the molecule is Cn1nccc1C(NN)c1ncc(Br)cc1Br. The maximum atomic E-state index is 5.61. The fourth-order valence-electron chi connectivity index (χ4n) is 1.61. The minimum Gasteiger partial charge on any atom is -0.271 e. The van der Waals surface area contributed by atoms with Gasteiger partial charge in [0, 0.05) is 28.4 Å². The van der Waals surface area contributed by atoms with Crippen LogP contribution in [-0.2, 0) is 7.05 Å². The van der Waals surface area contributed by atoms with Crippen molar-refractivity contribution < 1.29 is 0 Å². The normalized spacial score (nSPS) is 12.7. The van der Waals surface area contributed by atoms with Gasteiger partial charge in [-0.05, 0) is 44.0 Å². The molecule has 0 radical (unpaired) electrons. The quantitative estimate of drug-likeness (QED) is 0.647. The maximum Gasteiger partial charge on any atom is 0.106 e. The number of nitrogens with zero attached hydrogens (tertiary/aromatic N) is 3. The van der Waals surface area contributed by atoms with Gasteiger partial charge in [0.1, 0.15) is 6.04 Å². The lowest BCUT2D eigenvalue weighted by Crippen LogP contribution is -2.31. The fraction of sp³-hybridized carbons (Fsp3) is 0.200. The molecule has 90 valence electrons. The molecule has 0 saturated heterocycles. The summed E-state index contributed by atoms with van der Waals surface area (Å²) in [5, 5.41) is 4.13. The van der Waals surface area contributed by atoms with Gasteiger partial charge in [-0.1, -0.05) is 0 Å². The van der Waals surface area contributed by atoms with E-state index < -0.39 is 0 Å². The zero-order valence-electron chi connectivity index (χ0n) is 9.06. The molecular weight excluding hydrogens is 350 g/mol. The van der Waals surface area contributed by atoms with E-state index in [4.69, 9.17) is 5.84 Å². The molecule has 0 amide bonds. The summed E-state index contributed by atoms with van der Waals surface area (Å²) in [5.74, 6) is 5.61. The van der Waals surface area contributed by atoms with Crippen LogP contribution in [0.5, 0.6) is 0 Å². The molecule has 2 rings (SSSR count). The molecule has 17 heavy (non-hydrogen) atoms. The van der Waals surface area contributed by atoms with Crippen molar-refractivity contribution in [3.63, 3.8) is 0 Å². The number of hydrogen-bond donors (Lipinski definition) is 2. The average molecular weight is 361 g/mol.